The molecule has 0 atom stereocenters. The number of benzene rings is 2. The number of nitrogens with zero attached hydrogens (tertiary/aromatic N) is 1. The standard InChI is InChI=1S/C20H18F2N4O3S/c21-18-2-1-3-19(22)17(18)13-25-30(28,29)16-6-4-15(5-7-16)26-20(27)24-12-14-8-10-23-11-9-14/h1-11,25H,12-13H2,(H2,24,26,27). The van der Waals surface area contributed by atoms with Crippen molar-refractivity contribution in [2.75, 3.05) is 5.32 Å². The molecule has 7 nitrogen and oxygen atoms in total. The van der Waals surface area contributed by atoms with Crippen molar-refractivity contribution in [3.8, 4) is 0 Å². The Kier molecular flexibility index (Phi) is 6.70. The summed E-state index contributed by atoms with van der Waals surface area (Å²) in [4.78, 5) is 15.7. The summed E-state index contributed by atoms with van der Waals surface area (Å²) in [7, 11) is -4.00. The molecule has 0 unspecified atom stereocenters. The number of rotatable bonds is 7. The Morgan fingerprint density at radius 1 is 0.900 bits per heavy atom. The molecule has 156 valence electrons. The highest BCUT2D eigenvalue weighted by molar-refractivity contribution is 7.89. The molecular weight excluding hydrogens is 414 g/mol. The third-order valence-corrected chi connectivity index (χ3v) is 5.54. The van der Waals surface area contributed by atoms with Crippen molar-refractivity contribution in [3.63, 3.8) is 0 Å². The van der Waals surface area contributed by atoms with Crippen molar-refractivity contribution >= 4 is 21.7 Å². The van der Waals surface area contributed by atoms with Gasteiger partial charge in [0.1, 0.15) is 11.6 Å². The predicted octanol–water partition coefficient (Wildman–Crippen LogP) is 3.16. The van der Waals surface area contributed by atoms with Crippen molar-refractivity contribution < 1.29 is 22.0 Å². The lowest BCUT2D eigenvalue weighted by molar-refractivity contribution is 0.251. The summed E-state index contributed by atoms with van der Waals surface area (Å²) >= 11 is 0. The summed E-state index contributed by atoms with van der Waals surface area (Å²) in [5, 5.41) is 5.25. The maximum Gasteiger partial charge on any atom is 0.319 e. The molecule has 10 heteroatoms. The van der Waals surface area contributed by atoms with Crippen LogP contribution in [0.2, 0.25) is 0 Å². The Morgan fingerprint density at radius 2 is 1.53 bits per heavy atom. The van der Waals surface area contributed by atoms with E-state index in [1.54, 1.807) is 24.5 Å². The van der Waals surface area contributed by atoms with Crippen LogP contribution >= 0.6 is 0 Å². The van der Waals surface area contributed by atoms with E-state index < -0.39 is 34.2 Å². The summed E-state index contributed by atoms with van der Waals surface area (Å²) in [6.07, 6.45) is 3.23. The van der Waals surface area contributed by atoms with Crippen LogP contribution in [0.1, 0.15) is 11.1 Å². The zero-order valence-corrected chi connectivity index (χ0v) is 16.4. The van der Waals surface area contributed by atoms with Crippen LogP contribution in [0, 0.1) is 11.6 Å². The van der Waals surface area contributed by atoms with Gasteiger partial charge in [0.2, 0.25) is 10.0 Å². The number of urea groups is 1. The van der Waals surface area contributed by atoms with Gasteiger partial charge in [-0.2, -0.15) is 0 Å². The van der Waals surface area contributed by atoms with E-state index in [1.165, 1.54) is 30.3 Å². The van der Waals surface area contributed by atoms with Crippen LogP contribution in [0.5, 0.6) is 0 Å². The molecule has 1 heterocycles. The maximum atomic E-state index is 13.6. The molecule has 0 spiro atoms. The summed E-state index contributed by atoms with van der Waals surface area (Å²) in [6.45, 7) is -0.227. The molecule has 0 radical (unpaired) electrons. The molecular formula is C20H18F2N4O3S. The number of hydrogen-bond donors (Lipinski definition) is 3. The number of hydrogen-bond acceptors (Lipinski definition) is 4. The molecule has 0 aliphatic rings. The molecule has 0 saturated carbocycles. The highest BCUT2D eigenvalue weighted by Crippen LogP contribution is 2.16. The number of carbonyl (C=O) groups excluding carboxylic acids is 1. The second-order valence-corrected chi connectivity index (χ2v) is 7.98. The largest absolute Gasteiger partial charge is 0.334 e. The average molecular weight is 432 g/mol. The van der Waals surface area contributed by atoms with Gasteiger partial charge in [0.15, 0.2) is 0 Å². The van der Waals surface area contributed by atoms with Gasteiger partial charge in [0, 0.05) is 36.7 Å². The van der Waals surface area contributed by atoms with Gasteiger partial charge >= 0.3 is 6.03 Å². The predicted molar refractivity (Wildman–Crippen MR) is 107 cm³/mol. The highest BCUT2D eigenvalue weighted by atomic mass is 32.2. The first-order chi connectivity index (χ1) is 14.3. The normalized spacial score (nSPS) is 11.1. The number of aromatic nitrogens is 1. The number of halogens is 2. The Morgan fingerprint density at radius 3 is 2.17 bits per heavy atom. The Bertz CT molecular complexity index is 1100. The maximum absolute atomic E-state index is 13.6. The second kappa shape index (κ2) is 9.42. The fourth-order valence-electron chi connectivity index (χ4n) is 2.53. The minimum atomic E-state index is -4.00. The van der Waals surface area contributed by atoms with Gasteiger partial charge in [-0.15, -0.1) is 0 Å². The molecule has 3 rings (SSSR count). The zero-order chi connectivity index (χ0) is 21.6. The van der Waals surface area contributed by atoms with Gasteiger partial charge < -0.3 is 10.6 Å². The lowest BCUT2D eigenvalue weighted by Gasteiger charge is -2.10. The van der Waals surface area contributed by atoms with Crippen LogP contribution in [0.3, 0.4) is 0 Å². The van der Waals surface area contributed by atoms with Crippen molar-refractivity contribution in [2.45, 2.75) is 18.0 Å². The van der Waals surface area contributed by atoms with Crippen LogP contribution < -0.4 is 15.4 Å². The minimum Gasteiger partial charge on any atom is -0.334 e. The summed E-state index contributed by atoms with van der Waals surface area (Å²) in [6, 6.07) is 11.7. The van der Waals surface area contributed by atoms with Crippen LogP contribution in [-0.2, 0) is 23.1 Å². The molecule has 3 N–H and O–H groups in total. The lowest BCUT2D eigenvalue weighted by Crippen LogP contribution is -2.28. The van der Waals surface area contributed by atoms with Crippen LogP contribution in [0.4, 0.5) is 19.3 Å². The van der Waals surface area contributed by atoms with Gasteiger partial charge in [-0.3, -0.25) is 4.98 Å². The van der Waals surface area contributed by atoms with E-state index in [2.05, 4.69) is 20.3 Å². The van der Waals surface area contributed by atoms with E-state index in [1.807, 2.05) is 0 Å². The summed E-state index contributed by atoms with van der Waals surface area (Å²) in [5.41, 5.74) is 0.880. The smallest absolute Gasteiger partial charge is 0.319 e. The quantitative estimate of drug-likeness (QED) is 0.534. The number of amides is 2. The Balaban J connectivity index is 1.58. The topological polar surface area (TPSA) is 100 Å². The molecule has 1 aromatic heterocycles. The van der Waals surface area contributed by atoms with Crippen molar-refractivity contribution in [2.24, 2.45) is 0 Å². The van der Waals surface area contributed by atoms with E-state index >= 15 is 0 Å². The van der Waals surface area contributed by atoms with Gasteiger partial charge in [-0.05, 0) is 54.1 Å². The molecule has 2 aromatic carbocycles. The number of nitrogens with one attached hydrogen (secondary N) is 3. The van der Waals surface area contributed by atoms with Gasteiger partial charge in [0.25, 0.3) is 0 Å². The first-order valence-corrected chi connectivity index (χ1v) is 10.3. The first kappa shape index (κ1) is 21.3. The van der Waals surface area contributed by atoms with Gasteiger partial charge in [0.05, 0.1) is 4.90 Å². The molecule has 30 heavy (non-hydrogen) atoms. The lowest BCUT2D eigenvalue weighted by atomic mass is 10.2. The molecule has 0 fully saturated rings. The second-order valence-electron chi connectivity index (χ2n) is 6.21. The van der Waals surface area contributed by atoms with E-state index in [9.17, 15) is 22.0 Å². The third-order valence-electron chi connectivity index (χ3n) is 4.13. The van der Waals surface area contributed by atoms with E-state index in [0.29, 0.717) is 12.2 Å². The van der Waals surface area contributed by atoms with E-state index in [-0.39, 0.29) is 10.5 Å². The fourth-order valence-corrected chi connectivity index (χ4v) is 3.52. The van der Waals surface area contributed by atoms with Crippen LogP contribution in [-0.4, -0.2) is 19.4 Å². The summed E-state index contributed by atoms with van der Waals surface area (Å²) in [5.74, 6) is -1.68. The number of anilines is 1. The molecule has 0 aliphatic heterocycles. The Hall–Kier alpha value is -3.37. The molecule has 0 saturated heterocycles. The number of carbonyl (C=O) groups is 1. The highest BCUT2D eigenvalue weighted by Gasteiger charge is 2.17. The molecule has 2 amide bonds. The fraction of sp³-hybridized carbons (Fsp3) is 0.100. The van der Waals surface area contributed by atoms with E-state index in [0.717, 1.165) is 17.7 Å². The summed E-state index contributed by atoms with van der Waals surface area (Å²) < 4.78 is 54.2. The van der Waals surface area contributed by atoms with Gasteiger partial charge in [-0.1, -0.05) is 6.07 Å². The molecule has 0 bridgehead atoms. The van der Waals surface area contributed by atoms with Gasteiger partial charge in [-0.25, -0.2) is 26.7 Å². The monoisotopic (exact) mass is 432 g/mol. The SMILES string of the molecule is O=C(NCc1ccncc1)Nc1ccc(S(=O)(=O)NCc2c(F)cccc2F)cc1. The van der Waals surface area contributed by atoms with Crippen molar-refractivity contribution in [1.29, 1.82) is 0 Å². The number of sulfonamides is 1. The zero-order valence-electron chi connectivity index (χ0n) is 15.6. The minimum absolute atomic E-state index is 0.109. The van der Waals surface area contributed by atoms with E-state index in [4.69, 9.17) is 0 Å². The molecule has 0 aliphatic carbocycles. The average Bonchev–Trinajstić information content (AvgIpc) is 2.73. The number of pyridine rings is 1. The third kappa shape index (κ3) is 5.58. The first-order valence-electron chi connectivity index (χ1n) is 8.81. The van der Waals surface area contributed by atoms with Crippen LogP contribution in [0.25, 0.3) is 0 Å². The van der Waals surface area contributed by atoms with Crippen LogP contribution in [0.15, 0.2) is 71.9 Å². The Labute approximate surface area is 172 Å². The van der Waals surface area contributed by atoms with Crippen molar-refractivity contribution in [3.05, 3.63) is 89.8 Å². The van der Waals surface area contributed by atoms with Crippen molar-refractivity contribution in [1.82, 2.24) is 15.0 Å². The molecule has 3 aromatic rings.